The standard InChI is InChI=1S/C5H7ClN2O/c1-3(4(2)9)8-5(6)7/h7H,1-2H3. The van der Waals surface area contributed by atoms with Gasteiger partial charge in [-0.3, -0.25) is 10.2 Å². The van der Waals surface area contributed by atoms with Gasteiger partial charge >= 0.3 is 0 Å². The molecule has 0 aliphatic carbocycles. The van der Waals surface area contributed by atoms with Crippen molar-refractivity contribution in [2.24, 2.45) is 4.99 Å². The van der Waals surface area contributed by atoms with Gasteiger partial charge in [0.05, 0.1) is 5.71 Å². The molecule has 0 aromatic heterocycles. The van der Waals surface area contributed by atoms with Gasteiger partial charge in [0.1, 0.15) is 0 Å². The van der Waals surface area contributed by atoms with E-state index in [2.05, 4.69) is 4.99 Å². The Morgan fingerprint density at radius 1 is 1.56 bits per heavy atom. The van der Waals surface area contributed by atoms with Crippen LogP contribution in [0.25, 0.3) is 0 Å². The summed E-state index contributed by atoms with van der Waals surface area (Å²) in [5, 5.41) is 6.29. The predicted octanol–water partition coefficient (Wildman–Crippen LogP) is 1.21. The number of amidine groups is 1. The molecule has 0 atom stereocenters. The molecule has 0 bridgehead atoms. The van der Waals surface area contributed by atoms with Crippen molar-refractivity contribution >= 4 is 28.4 Å². The molecule has 3 nitrogen and oxygen atoms in total. The van der Waals surface area contributed by atoms with E-state index in [0.29, 0.717) is 0 Å². The zero-order valence-corrected chi connectivity index (χ0v) is 5.99. The largest absolute Gasteiger partial charge is 0.293 e. The maximum absolute atomic E-state index is 10.4. The molecule has 0 amide bonds. The number of aliphatic imine (C=N–C) groups is 1. The van der Waals surface area contributed by atoms with Crippen molar-refractivity contribution in [3.63, 3.8) is 0 Å². The Bertz CT molecular complexity index is 174. The first-order valence-corrected chi connectivity index (χ1v) is 2.72. The monoisotopic (exact) mass is 146 g/mol. The number of carbonyl (C=O) groups is 1. The third-order valence-electron chi connectivity index (χ3n) is 0.775. The number of ketones is 1. The molecular formula is C5H7ClN2O. The van der Waals surface area contributed by atoms with Crippen LogP contribution >= 0.6 is 11.6 Å². The van der Waals surface area contributed by atoms with Gasteiger partial charge in [-0.15, -0.1) is 0 Å². The van der Waals surface area contributed by atoms with Gasteiger partial charge in [-0.05, 0) is 18.5 Å². The van der Waals surface area contributed by atoms with E-state index in [1.54, 1.807) is 0 Å². The Morgan fingerprint density at radius 2 is 2.00 bits per heavy atom. The van der Waals surface area contributed by atoms with Crippen LogP contribution in [-0.4, -0.2) is 16.8 Å². The fourth-order valence-electron chi connectivity index (χ4n) is 0.226. The molecule has 4 heteroatoms. The molecule has 0 unspecified atom stereocenters. The van der Waals surface area contributed by atoms with E-state index in [4.69, 9.17) is 17.0 Å². The highest BCUT2D eigenvalue weighted by Gasteiger charge is 1.96. The van der Waals surface area contributed by atoms with Gasteiger partial charge in [0.2, 0.25) is 5.29 Å². The quantitative estimate of drug-likeness (QED) is 0.338. The van der Waals surface area contributed by atoms with Crippen LogP contribution in [0, 0.1) is 5.41 Å². The molecule has 50 valence electrons. The molecule has 0 fully saturated rings. The SMILES string of the molecule is CC(=O)C(C)=NC(=N)Cl. The smallest absolute Gasteiger partial charge is 0.215 e. The number of nitrogens with one attached hydrogen (secondary N) is 1. The summed E-state index contributed by atoms with van der Waals surface area (Å²) in [5.41, 5.74) is 0.259. The lowest BCUT2D eigenvalue weighted by Crippen LogP contribution is -2.05. The number of carbonyl (C=O) groups excluding carboxylic acids is 1. The lowest BCUT2D eigenvalue weighted by atomic mass is 10.3. The van der Waals surface area contributed by atoms with E-state index in [1.165, 1.54) is 13.8 Å². The van der Waals surface area contributed by atoms with Gasteiger partial charge in [0, 0.05) is 6.92 Å². The highest BCUT2D eigenvalue weighted by Crippen LogP contribution is 1.86. The maximum Gasteiger partial charge on any atom is 0.215 e. The average Bonchev–Trinajstić information content (AvgIpc) is 1.63. The Labute approximate surface area is 58.2 Å². The number of hydrogen-bond acceptors (Lipinski definition) is 2. The molecule has 9 heavy (non-hydrogen) atoms. The molecule has 0 saturated heterocycles. The van der Waals surface area contributed by atoms with Crippen LogP contribution in [0.5, 0.6) is 0 Å². The second kappa shape index (κ2) is 3.35. The van der Waals surface area contributed by atoms with Gasteiger partial charge in [-0.1, -0.05) is 0 Å². The third-order valence-corrected chi connectivity index (χ3v) is 0.860. The zero-order chi connectivity index (χ0) is 7.44. The summed E-state index contributed by atoms with van der Waals surface area (Å²) < 4.78 is 0. The van der Waals surface area contributed by atoms with E-state index in [0.717, 1.165) is 0 Å². The molecule has 0 heterocycles. The number of Topliss-reactive ketones (excluding diaryl/α,β-unsaturated/α-hetero) is 1. The minimum Gasteiger partial charge on any atom is -0.293 e. The maximum atomic E-state index is 10.4. The van der Waals surface area contributed by atoms with E-state index in [-0.39, 0.29) is 16.8 Å². The van der Waals surface area contributed by atoms with Gasteiger partial charge in [0.15, 0.2) is 5.78 Å². The summed E-state index contributed by atoms with van der Waals surface area (Å²) >= 11 is 5.06. The lowest BCUT2D eigenvalue weighted by Gasteiger charge is -1.88. The summed E-state index contributed by atoms with van der Waals surface area (Å²) in [6, 6.07) is 0. The Kier molecular flexibility index (Phi) is 3.09. The number of halogens is 1. The average molecular weight is 147 g/mol. The van der Waals surface area contributed by atoms with Crippen LogP contribution in [0.4, 0.5) is 0 Å². The normalized spacial score (nSPS) is 11.2. The minimum absolute atomic E-state index is 0.166. The minimum atomic E-state index is -0.359. The second-order valence-electron chi connectivity index (χ2n) is 1.54. The van der Waals surface area contributed by atoms with Crippen molar-refractivity contribution in [2.45, 2.75) is 13.8 Å². The number of nitrogens with zero attached hydrogens (tertiary/aromatic N) is 1. The van der Waals surface area contributed by atoms with Crippen LogP contribution < -0.4 is 0 Å². The van der Waals surface area contributed by atoms with Crippen LogP contribution in [0.1, 0.15) is 13.8 Å². The fourth-order valence-corrected chi connectivity index (χ4v) is 0.353. The first-order valence-electron chi connectivity index (χ1n) is 2.34. The van der Waals surface area contributed by atoms with Gasteiger partial charge in [-0.2, -0.15) is 0 Å². The van der Waals surface area contributed by atoms with E-state index in [9.17, 15) is 4.79 Å². The predicted molar refractivity (Wildman–Crippen MR) is 37.4 cm³/mol. The number of hydrogen-bond donors (Lipinski definition) is 1. The topological polar surface area (TPSA) is 53.3 Å². The van der Waals surface area contributed by atoms with Crippen LogP contribution in [-0.2, 0) is 4.79 Å². The van der Waals surface area contributed by atoms with Crippen LogP contribution in [0.15, 0.2) is 4.99 Å². The highest BCUT2D eigenvalue weighted by atomic mass is 35.5. The third kappa shape index (κ3) is 3.85. The van der Waals surface area contributed by atoms with E-state index in [1.807, 2.05) is 0 Å². The molecule has 0 aliphatic heterocycles. The zero-order valence-electron chi connectivity index (χ0n) is 5.23. The van der Waals surface area contributed by atoms with Crippen molar-refractivity contribution in [2.75, 3.05) is 0 Å². The van der Waals surface area contributed by atoms with E-state index < -0.39 is 0 Å². The van der Waals surface area contributed by atoms with Crippen molar-refractivity contribution < 1.29 is 4.79 Å². The van der Waals surface area contributed by atoms with Crippen LogP contribution in [0.2, 0.25) is 0 Å². The second-order valence-corrected chi connectivity index (χ2v) is 1.90. The molecule has 1 N–H and O–H groups in total. The molecule has 0 aliphatic rings. The fraction of sp³-hybridized carbons (Fsp3) is 0.400. The molecule has 0 aromatic rings. The highest BCUT2D eigenvalue weighted by molar-refractivity contribution is 6.65. The molecule has 0 saturated carbocycles. The van der Waals surface area contributed by atoms with Crippen molar-refractivity contribution in [3.8, 4) is 0 Å². The molecule has 0 aromatic carbocycles. The lowest BCUT2D eigenvalue weighted by molar-refractivity contribution is -0.111. The Balaban J connectivity index is 4.17. The van der Waals surface area contributed by atoms with Crippen molar-refractivity contribution in [1.82, 2.24) is 0 Å². The first-order chi connectivity index (χ1) is 4.04. The number of rotatable bonds is 1. The van der Waals surface area contributed by atoms with Gasteiger partial charge < -0.3 is 0 Å². The summed E-state index contributed by atoms with van der Waals surface area (Å²) in [5.74, 6) is -0.166. The first kappa shape index (κ1) is 8.30. The van der Waals surface area contributed by atoms with E-state index >= 15 is 0 Å². The van der Waals surface area contributed by atoms with Crippen molar-refractivity contribution in [1.29, 1.82) is 5.41 Å². The Morgan fingerprint density at radius 3 is 2.11 bits per heavy atom. The van der Waals surface area contributed by atoms with Crippen LogP contribution in [0.3, 0.4) is 0 Å². The summed E-state index contributed by atoms with van der Waals surface area (Å²) in [7, 11) is 0. The van der Waals surface area contributed by atoms with Crippen molar-refractivity contribution in [3.05, 3.63) is 0 Å². The van der Waals surface area contributed by atoms with Gasteiger partial charge in [-0.25, -0.2) is 4.99 Å². The molecule has 0 rings (SSSR count). The summed E-state index contributed by atoms with van der Waals surface area (Å²) in [4.78, 5) is 13.8. The summed E-state index contributed by atoms with van der Waals surface area (Å²) in [6.45, 7) is 2.89. The molecule has 0 radical (unpaired) electrons. The molecular weight excluding hydrogens is 140 g/mol. The Hall–Kier alpha value is -0.700. The molecule has 0 spiro atoms. The van der Waals surface area contributed by atoms with Gasteiger partial charge in [0.25, 0.3) is 0 Å². The summed E-state index contributed by atoms with van der Waals surface area (Å²) in [6.07, 6.45) is 0.